The van der Waals surface area contributed by atoms with Gasteiger partial charge < -0.3 is 4.57 Å². The maximum absolute atomic E-state index is 9.89. The normalized spacial score (nSPS) is 16.3. The van der Waals surface area contributed by atoms with E-state index in [9.17, 15) is 5.48 Å². The first-order chi connectivity index (χ1) is 37.7. The van der Waals surface area contributed by atoms with Crippen LogP contribution in [0.1, 0.15) is 47.9 Å². The molecule has 14 rings (SSSR count). The maximum Gasteiger partial charge on any atom is 0.179 e. The van der Waals surface area contributed by atoms with Gasteiger partial charge in [-0.05, 0) is 94.5 Å². The molecule has 3 heteroatoms. The number of benzene rings is 10. The Hall–Kier alpha value is -8.35. The summed E-state index contributed by atoms with van der Waals surface area (Å²) in [4.78, 5) is 0. The lowest BCUT2D eigenvalue weighted by molar-refractivity contribution is 0.734. The van der Waals surface area contributed by atoms with Crippen molar-refractivity contribution in [3.8, 4) is 5.69 Å². The third kappa shape index (κ3) is 6.44. The minimum Gasteiger partial charge on any atom is -0.309 e. The van der Waals surface area contributed by atoms with Gasteiger partial charge in [0.25, 0.3) is 0 Å². The highest BCUT2D eigenvalue weighted by atomic mass is 28.3. The van der Waals surface area contributed by atoms with E-state index in [0.29, 0.717) is 5.19 Å². The van der Waals surface area contributed by atoms with Gasteiger partial charge in [-0.15, -0.1) is 0 Å². The summed E-state index contributed by atoms with van der Waals surface area (Å²) in [7, 11) is -6.80. The van der Waals surface area contributed by atoms with Crippen LogP contribution in [-0.2, 0) is 0 Å². The number of rotatable bonds is 11. The Morgan fingerprint density at radius 1 is 0.458 bits per heavy atom. The highest BCUT2D eigenvalue weighted by Crippen LogP contribution is 2.59. The van der Waals surface area contributed by atoms with Gasteiger partial charge in [0, 0.05) is 22.6 Å². The summed E-state index contributed by atoms with van der Waals surface area (Å²) in [6.07, 6.45) is 3.95. The predicted octanol–water partition coefficient (Wildman–Crippen LogP) is 11.9. The van der Waals surface area contributed by atoms with Crippen LogP contribution in [0.2, 0.25) is 0 Å². The molecule has 0 amide bonds. The molecule has 3 aliphatic rings. The van der Waals surface area contributed by atoms with Crippen molar-refractivity contribution in [2.24, 2.45) is 0 Å². The highest BCUT2D eigenvalue weighted by Gasteiger charge is 2.51. The molecule has 0 aliphatic heterocycles. The number of para-hydroxylation sites is 1. The number of hydrogen-bond donors (Lipinski definition) is 0. The smallest absolute Gasteiger partial charge is 0.179 e. The van der Waals surface area contributed by atoms with Gasteiger partial charge in [-0.1, -0.05) is 273 Å². The number of aromatic nitrogens is 1. The third-order valence-corrected chi connectivity index (χ3v) is 25.1. The number of nitrogens with zero attached hydrogens (tertiary/aromatic N) is 1. The second kappa shape index (κ2) is 17.8. The average Bonchev–Trinajstić information content (AvgIpc) is 4.03. The molecule has 2 unspecified atom stereocenters. The summed E-state index contributed by atoms with van der Waals surface area (Å²) in [5, 5.41) is 10.7. The molecule has 0 radical (unpaired) electrons. The summed E-state index contributed by atoms with van der Waals surface area (Å²) in [6, 6.07) is 83.9. The Bertz CT molecular complexity index is 4030. The second-order valence-electron chi connectivity index (χ2n) is 19.1. The SMILES string of the molecule is [2H]c1c([2H])c([2H])c([Si](/C(=C/C=C)C2=C(C)C3c4ccccc4C2c2c3cccc2-n2c3ccccc3c3cc([Si](c4ccccc4)(c4ccccc4)c4ccccc4)ccc32)(c2ccccc2)c2ccccc2)c([2H])c1[2H]. The molecule has 1 aromatic heterocycles. The van der Waals surface area contributed by atoms with E-state index in [4.69, 9.17) is 1.37 Å². The molecule has 3 aliphatic carbocycles. The molecular formula is C69H53NSi2. The molecule has 1 heterocycles. The third-order valence-electron chi connectivity index (χ3n) is 15.7. The van der Waals surface area contributed by atoms with Crippen molar-refractivity contribution in [2.45, 2.75) is 18.8 Å². The van der Waals surface area contributed by atoms with E-state index in [1.807, 2.05) is 42.5 Å². The molecule has 2 bridgehead atoms. The lowest BCUT2D eigenvalue weighted by Gasteiger charge is -2.48. The number of hydrogen-bond acceptors (Lipinski definition) is 0. The Kier molecular flexibility index (Phi) is 9.50. The molecule has 0 spiro atoms. The summed E-state index contributed by atoms with van der Waals surface area (Å²) in [6.45, 7) is 6.65. The lowest BCUT2D eigenvalue weighted by atomic mass is 9.60. The van der Waals surface area contributed by atoms with Crippen molar-refractivity contribution < 1.29 is 6.85 Å². The first kappa shape index (κ1) is 38.4. The van der Waals surface area contributed by atoms with Gasteiger partial charge in [0.2, 0.25) is 0 Å². The van der Waals surface area contributed by atoms with Gasteiger partial charge in [0.05, 0.1) is 23.6 Å². The van der Waals surface area contributed by atoms with Gasteiger partial charge in [-0.2, -0.15) is 0 Å². The van der Waals surface area contributed by atoms with Gasteiger partial charge in [0.15, 0.2) is 16.1 Å². The Balaban J connectivity index is 1.11. The average molecular weight is 957 g/mol. The molecular weight excluding hydrogens is 899 g/mol. The first-order valence-electron chi connectivity index (χ1n) is 27.4. The van der Waals surface area contributed by atoms with E-state index in [1.54, 1.807) is 0 Å². The molecule has 2 atom stereocenters. The van der Waals surface area contributed by atoms with Crippen LogP contribution < -0.4 is 36.3 Å². The van der Waals surface area contributed by atoms with Crippen molar-refractivity contribution in [1.29, 1.82) is 0 Å². The molecule has 342 valence electrons. The number of allylic oxidation sites excluding steroid dienone is 5. The molecule has 11 aromatic rings. The van der Waals surface area contributed by atoms with Crippen LogP contribution >= 0.6 is 0 Å². The van der Waals surface area contributed by atoms with Crippen LogP contribution in [0.5, 0.6) is 0 Å². The van der Waals surface area contributed by atoms with Crippen LogP contribution in [-0.4, -0.2) is 20.7 Å². The van der Waals surface area contributed by atoms with Crippen molar-refractivity contribution in [1.82, 2.24) is 4.57 Å². The van der Waals surface area contributed by atoms with Crippen LogP contribution in [0.25, 0.3) is 27.5 Å². The van der Waals surface area contributed by atoms with Crippen molar-refractivity contribution in [3.63, 3.8) is 0 Å². The largest absolute Gasteiger partial charge is 0.309 e. The predicted molar refractivity (Wildman–Crippen MR) is 309 cm³/mol. The van der Waals surface area contributed by atoms with Crippen molar-refractivity contribution >= 4 is 74.3 Å². The van der Waals surface area contributed by atoms with Crippen LogP contribution in [0.15, 0.2) is 302 Å². The van der Waals surface area contributed by atoms with Crippen molar-refractivity contribution in [3.05, 3.63) is 324 Å². The molecule has 0 saturated carbocycles. The Morgan fingerprint density at radius 3 is 1.51 bits per heavy atom. The summed E-state index contributed by atoms with van der Waals surface area (Å²) >= 11 is 0. The van der Waals surface area contributed by atoms with Crippen LogP contribution in [0.4, 0.5) is 0 Å². The zero-order valence-corrected chi connectivity index (χ0v) is 42.0. The van der Waals surface area contributed by atoms with E-state index >= 15 is 0 Å². The summed E-state index contributed by atoms with van der Waals surface area (Å²) in [5.41, 5.74) is 10.5. The van der Waals surface area contributed by atoms with E-state index in [0.717, 1.165) is 37.9 Å². The lowest BCUT2D eigenvalue weighted by Crippen LogP contribution is -2.74. The van der Waals surface area contributed by atoms with Gasteiger partial charge in [-0.25, -0.2) is 0 Å². The quantitative estimate of drug-likeness (QED) is 0.0692. The number of fused-ring (bicyclic) bond motifs is 3. The monoisotopic (exact) mass is 956 g/mol. The highest BCUT2D eigenvalue weighted by molar-refractivity contribution is 7.20. The summed E-state index contributed by atoms with van der Waals surface area (Å²) in [5.74, 6) is -0.455. The Morgan fingerprint density at radius 2 is 0.944 bits per heavy atom. The molecule has 0 fully saturated rings. The van der Waals surface area contributed by atoms with Crippen LogP contribution in [0.3, 0.4) is 0 Å². The Labute approximate surface area is 432 Å². The molecule has 10 aromatic carbocycles. The molecule has 1 nitrogen and oxygen atoms in total. The maximum atomic E-state index is 9.89. The van der Waals surface area contributed by atoms with Crippen molar-refractivity contribution in [2.75, 3.05) is 0 Å². The topological polar surface area (TPSA) is 4.93 Å². The fourth-order valence-electron chi connectivity index (χ4n) is 13.0. The minimum absolute atomic E-state index is 0.137. The molecule has 72 heavy (non-hydrogen) atoms. The van der Waals surface area contributed by atoms with Gasteiger partial charge >= 0.3 is 0 Å². The second-order valence-corrected chi connectivity index (χ2v) is 26.6. The van der Waals surface area contributed by atoms with E-state index in [2.05, 4.69) is 224 Å². The molecule has 0 saturated heterocycles. The fourth-order valence-corrected chi connectivity index (χ4v) is 22.6. The van der Waals surface area contributed by atoms with E-state index in [1.165, 1.54) is 59.3 Å². The summed E-state index contributed by atoms with van der Waals surface area (Å²) < 4.78 is 49.6. The zero-order valence-electron chi connectivity index (χ0n) is 45.0. The van der Waals surface area contributed by atoms with Gasteiger partial charge in [-0.3, -0.25) is 0 Å². The first-order valence-corrected chi connectivity index (χ1v) is 28.9. The molecule has 0 N–H and O–H groups in total. The van der Waals surface area contributed by atoms with Crippen LogP contribution in [0, 0.1) is 0 Å². The van der Waals surface area contributed by atoms with E-state index < -0.39 is 22.2 Å². The zero-order chi connectivity index (χ0) is 52.6. The standard InChI is InChI=1S/C69H53NSi2/c1-3-27-65(72(53-34-16-7-17-35-53,54-36-18-8-19-37-54)55-38-20-9-21-39-55)67-49(2)66-58-41-22-23-42-59(58)69(67)68-60(66)43-26-45-64(68)70-62-44-25-24-40-57(62)61-48-56(46-47-63(61)70)71(50-28-10-4-11-29-50,51-30-12-5-13-31-51)52-32-14-6-15-33-52/h3-48,66,69H,1H2,2H3/b65-27+/i7D,16D,17D,34D,35D. The fraction of sp³-hybridized carbons (Fsp3) is 0.0435. The minimum atomic E-state index is -3.91. The van der Waals surface area contributed by atoms with E-state index in [-0.39, 0.29) is 36.0 Å². The van der Waals surface area contributed by atoms with Gasteiger partial charge in [0.1, 0.15) is 0 Å².